The molecule has 0 bridgehead atoms. The van der Waals surface area contributed by atoms with Gasteiger partial charge in [0.2, 0.25) is 9.84 Å². The molecule has 0 unspecified atom stereocenters. The van der Waals surface area contributed by atoms with Crippen LogP contribution in [-0.4, -0.2) is 33.3 Å². The number of halogens is 1. The lowest BCUT2D eigenvalue weighted by molar-refractivity contribution is 0.306. The van der Waals surface area contributed by atoms with Gasteiger partial charge in [0.15, 0.2) is 11.5 Å². The van der Waals surface area contributed by atoms with Gasteiger partial charge in [-0.3, -0.25) is 5.10 Å². The monoisotopic (exact) mass is 536 g/mol. The second-order valence-corrected chi connectivity index (χ2v) is 11.1. The number of aromatic nitrogens is 4. The minimum Gasteiger partial charge on any atom is -0.508 e. The average Bonchev–Trinajstić information content (AvgIpc) is 3.43. The second kappa shape index (κ2) is 10.3. The highest BCUT2D eigenvalue weighted by Gasteiger charge is 2.17. The van der Waals surface area contributed by atoms with Crippen LogP contribution in [0.25, 0.3) is 5.65 Å². The van der Waals surface area contributed by atoms with Crippen LogP contribution in [0.5, 0.6) is 11.5 Å². The zero-order valence-corrected chi connectivity index (χ0v) is 21.6. The molecule has 0 saturated heterocycles. The van der Waals surface area contributed by atoms with E-state index < -0.39 is 9.84 Å². The molecule has 2 heterocycles. The van der Waals surface area contributed by atoms with Crippen molar-refractivity contribution in [3.05, 3.63) is 100 Å². The van der Waals surface area contributed by atoms with Crippen molar-refractivity contribution in [1.82, 2.24) is 19.8 Å². The Labute approximate surface area is 219 Å². The Bertz CT molecular complexity index is 1630. The van der Waals surface area contributed by atoms with Crippen LogP contribution in [-0.2, 0) is 29.3 Å². The SMILES string of the molecule is Cc1[nH]n2c(CCCc3ccc(COc4ccc(S(=O)(=O)c5ccc(O)cc5)cc4)cc3)nnc2c1Cl. The Morgan fingerprint density at radius 1 is 0.892 bits per heavy atom. The van der Waals surface area contributed by atoms with E-state index in [4.69, 9.17) is 16.3 Å². The fraction of sp³-hybridized carbons (Fsp3) is 0.185. The number of nitrogens with zero attached hydrogens (tertiary/aromatic N) is 3. The number of benzene rings is 3. The lowest BCUT2D eigenvalue weighted by atomic mass is 10.1. The summed E-state index contributed by atoms with van der Waals surface area (Å²) >= 11 is 6.22. The van der Waals surface area contributed by atoms with E-state index in [0.717, 1.165) is 36.3 Å². The number of aryl methyl sites for hydroxylation is 3. The number of hydrogen-bond donors (Lipinski definition) is 2. The molecule has 10 heteroatoms. The molecule has 37 heavy (non-hydrogen) atoms. The van der Waals surface area contributed by atoms with E-state index in [1.165, 1.54) is 42.0 Å². The Kier molecular flexibility index (Phi) is 6.90. The predicted molar refractivity (Wildman–Crippen MR) is 140 cm³/mol. The number of H-pyrrole nitrogens is 1. The maximum absolute atomic E-state index is 12.7. The smallest absolute Gasteiger partial charge is 0.206 e. The summed E-state index contributed by atoms with van der Waals surface area (Å²) in [6.45, 7) is 2.28. The van der Waals surface area contributed by atoms with E-state index in [1.54, 1.807) is 12.1 Å². The van der Waals surface area contributed by atoms with Gasteiger partial charge in [-0.05, 0) is 79.4 Å². The topological polar surface area (TPSA) is 110 Å². The molecule has 2 N–H and O–H groups in total. The summed E-state index contributed by atoms with van der Waals surface area (Å²) in [5, 5.41) is 21.6. The van der Waals surface area contributed by atoms with Gasteiger partial charge in [0.1, 0.15) is 23.1 Å². The number of sulfone groups is 1. The number of aromatic hydroxyl groups is 1. The third-order valence-corrected chi connectivity index (χ3v) is 8.35. The van der Waals surface area contributed by atoms with Crippen molar-refractivity contribution in [2.75, 3.05) is 0 Å². The summed E-state index contributed by atoms with van der Waals surface area (Å²) in [7, 11) is -3.66. The van der Waals surface area contributed by atoms with E-state index in [2.05, 4.69) is 27.4 Å². The number of phenols is 1. The summed E-state index contributed by atoms with van der Waals surface area (Å²) in [4.78, 5) is 0.286. The molecule has 0 radical (unpaired) electrons. The first-order chi connectivity index (χ1) is 17.8. The average molecular weight is 537 g/mol. The van der Waals surface area contributed by atoms with Crippen molar-refractivity contribution in [1.29, 1.82) is 0 Å². The summed E-state index contributed by atoms with van der Waals surface area (Å²) in [6, 6.07) is 20.0. The van der Waals surface area contributed by atoms with Crippen molar-refractivity contribution < 1.29 is 18.3 Å². The summed E-state index contributed by atoms with van der Waals surface area (Å²) in [6.07, 6.45) is 2.60. The van der Waals surface area contributed by atoms with Crippen LogP contribution in [0.1, 0.15) is 29.1 Å². The van der Waals surface area contributed by atoms with Crippen LogP contribution in [0.4, 0.5) is 0 Å². The Morgan fingerprint density at radius 3 is 2.19 bits per heavy atom. The largest absolute Gasteiger partial charge is 0.508 e. The molecule has 3 aromatic carbocycles. The molecule has 8 nitrogen and oxygen atoms in total. The first kappa shape index (κ1) is 24.9. The van der Waals surface area contributed by atoms with Gasteiger partial charge in [-0.15, -0.1) is 10.2 Å². The fourth-order valence-corrected chi connectivity index (χ4v) is 5.44. The Hall–Kier alpha value is -3.82. The quantitative estimate of drug-likeness (QED) is 0.264. The van der Waals surface area contributed by atoms with Gasteiger partial charge in [-0.1, -0.05) is 35.9 Å². The molecule has 0 spiro atoms. The van der Waals surface area contributed by atoms with Crippen LogP contribution in [0.2, 0.25) is 5.02 Å². The molecule has 0 saturated carbocycles. The maximum atomic E-state index is 12.7. The number of rotatable bonds is 9. The molecule has 5 aromatic rings. The molecule has 2 aromatic heterocycles. The van der Waals surface area contributed by atoms with Crippen LogP contribution >= 0.6 is 11.6 Å². The predicted octanol–water partition coefficient (Wildman–Crippen LogP) is 5.31. The highest BCUT2D eigenvalue weighted by atomic mass is 35.5. The van der Waals surface area contributed by atoms with Crippen molar-refractivity contribution in [3.8, 4) is 11.5 Å². The lowest BCUT2D eigenvalue weighted by Gasteiger charge is -2.09. The second-order valence-electron chi connectivity index (χ2n) is 8.75. The molecule has 0 fully saturated rings. The molecule has 0 aliphatic carbocycles. The van der Waals surface area contributed by atoms with Crippen molar-refractivity contribution in [2.45, 2.75) is 42.6 Å². The van der Waals surface area contributed by atoms with Crippen LogP contribution in [0, 0.1) is 6.92 Å². The van der Waals surface area contributed by atoms with Crippen molar-refractivity contribution in [3.63, 3.8) is 0 Å². The van der Waals surface area contributed by atoms with E-state index in [-0.39, 0.29) is 15.5 Å². The van der Waals surface area contributed by atoms with E-state index in [1.807, 2.05) is 23.6 Å². The third kappa shape index (κ3) is 5.33. The first-order valence-electron chi connectivity index (χ1n) is 11.7. The zero-order chi connectivity index (χ0) is 26.0. The highest BCUT2D eigenvalue weighted by molar-refractivity contribution is 7.91. The summed E-state index contributed by atoms with van der Waals surface area (Å²) < 4.78 is 33.2. The number of hydrogen-bond acceptors (Lipinski definition) is 6. The Balaban J connectivity index is 1.13. The minimum absolute atomic E-state index is 0.0154. The van der Waals surface area contributed by atoms with Gasteiger partial charge in [-0.2, -0.15) is 0 Å². The number of nitrogens with one attached hydrogen (secondary N) is 1. The van der Waals surface area contributed by atoms with Gasteiger partial charge in [0.25, 0.3) is 0 Å². The molecular weight excluding hydrogens is 512 g/mol. The normalized spacial score (nSPS) is 11.7. The van der Waals surface area contributed by atoms with Crippen LogP contribution in [0.3, 0.4) is 0 Å². The number of ether oxygens (including phenoxy) is 1. The first-order valence-corrected chi connectivity index (χ1v) is 13.6. The van der Waals surface area contributed by atoms with Gasteiger partial charge >= 0.3 is 0 Å². The standard InChI is InChI=1S/C27H25ClN4O4S/c1-18-26(28)27-30-29-25(32(27)31-18)4-2-3-19-5-7-20(8-6-19)17-36-22-11-15-24(16-12-22)37(34,35)23-13-9-21(33)10-14-23/h5-16,31,33H,2-4,17H2,1H3. The molecule has 0 aliphatic rings. The third-order valence-electron chi connectivity index (χ3n) is 6.11. The highest BCUT2D eigenvalue weighted by Crippen LogP contribution is 2.25. The molecule has 5 rings (SSSR count). The summed E-state index contributed by atoms with van der Waals surface area (Å²) in [5.41, 5.74) is 3.77. The van der Waals surface area contributed by atoms with Crippen molar-refractivity contribution >= 4 is 27.1 Å². The lowest BCUT2D eigenvalue weighted by Crippen LogP contribution is -2.02. The zero-order valence-electron chi connectivity index (χ0n) is 20.1. The van der Waals surface area contributed by atoms with E-state index in [0.29, 0.717) is 23.0 Å². The van der Waals surface area contributed by atoms with Crippen LogP contribution in [0.15, 0.2) is 82.6 Å². The van der Waals surface area contributed by atoms with Gasteiger partial charge in [0, 0.05) is 6.42 Å². The summed E-state index contributed by atoms with van der Waals surface area (Å²) in [5.74, 6) is 1.45. The molecule has 0 atom stereocenters. The maximum Gasteiger partial charge on any atom is 0.206 e. The van der Waals surface area contributed by atoms with Gasteiger partial charge in [-0.25, -0.2) is 12.9 Å². The molecular formula is C27H25ClN4O4S. The van der Waals surface area contributed by atoms with Crippen molar-refractivity contribution in [2.24, 2.45) is 0 Å². The van der Waals surface area contributed by atoms with Gasteiger partial charge in [0.05, 0.1) is 15.5 Å². The van der Waals surface area contributed by atoms with Crippen LogP contribution < -0.4 is 4.74 Å². The molecule has 190 valence electrons. The van der Waals surface area contributed by atoms with Gasteiger partial charge < -0.3 is 9.84 Å². The minimum atomic E-state index is -3.66. The number of aromatic amines is 1. The fourth-order valence-electron chi connectivity index (χ4n) is 4.02. The molecule has 0 aliphatic heterocycles. The number of phenolic OH excluding ortho intramolecular Hbond substituents is 1. The molecule has 0 amide bonds. The van der Waals surface area contributed by atoms with E-state index in [9.17, 15) is 13.5 Å². The Morgan fingerprint density at radius 2 is 1.51 bits per heavy atom. The van der Waals surface area contributed by atoms with E-state index >= 15 is 0 Å². The number of fused-ring (bicyclic) bond motifs is 1.